The van der Waals surface area contributed by atoms with Crippen molar-refractivity contribution in [3.8, 4) is 0 Å². The number of benzene rings is 1. The quantitative estimate of drug-likeness (QED) is 0.450. The van der Waals surface area contributed by atoms with Gasteiger partial charge in [0.15, 0.2) is 11.6 Å². The fraction of sp³-hybridized carbons (Fsp3) is 0.111. The highest BCUT2D eigenvalue weighted by Crippen LogP contribution is 2.18. The van der Waals surface area contributed by atoms with Crippen molar-refractivity contribution in [2.75, 3.05) is 12.4 Å². The molecule has 0 bridgehead atoms. The number of methoxy groups -OCH3 is 1. The number of nitrogens with one attached hydrogen (secondary N) is 1. The maximum atomic E-state index is 13.0. The highest BCUT2D eigenvalue weighted by Gasteiger charge is 2.18. The molecule has 7 heteroatoms. The lowest BCUT2D eigenvalue weighted by Gasteiger charge is -2.05. The molecule has 0 aromatic heterocycles. The molecule has 0 atom stereocenters. The van der Waals surface area contributed by atoms with Gasteiger partial charge in [0, 0.05) is 12.1 Å². The molecule has 1 aromatic carbocycles. The molecule has 0 radical (unpaired) electrons. The van der Waals surface area contributed by atoms with Gasteiger partial charge >= 0.3 is 11.9 Å². The van der Waals surface area contributed by atoms with Crippen LogP contribution in [0.4, 0.5) is 18.9 Å². The standard InChI is InChI=1S/C9H6F3NO3/c1-16-9(15)8(14)13-6-3-4(10)2-5(11)7(6)12/h2-3H,1H3,(H,13,14). The topological polar surface area (TPSA) is 55.4 Å². The second-order valence-electron chi connectivity index (χ2n) is 2.69. The Bertz CT molecular complexity index is 448. The van der Waals surface area contributed by atoms with Gasteiger partial charge in [-0.2, -0.15) is 0 Å². The molecule has 0 saturated heterocycles. The number of amides is 1. The van der Waals surface area contributed by atoms with Crippen LogP contribution in [0.15, 0.2) is 12.1 Å². The Hall–Kier alpha value is -2.05. The predicted molar refractivity (Wildman–Crippen MR) is 47.0 cm³/mol. The van der Waals surface area contributed by atoms with E-state index >= 15 is 0 Å². The second-order valence-corrected chi connectivity index (χ2v) is 2.69. The number of carbonyl (C=O) groups excluding carboxylic acids is 2. The van der Waals surface area contributed by atoms with Crippen molar-refractivity contribution in [3.05, 3.63) is 29.6 Å². The lowest BCUT2D eigenvalue weighted by Crippen LogP contribution is -2.24. The molecule has 16 heavy (non-hydrogen) atoms. The minimum Gasteiger partial charge on any atom is -0.462 e. The van der Waals surface area contributed by atoms with Crippen LogP contribution in [0, 0.1) is 17.5 Å². The zero-order valence-corrected chi connectivity index (χ0v) is 8.01. The molecular weight excluding hydrogens is 227 g/mol. The van der Waals surface area contributed by atoms with Crippen molar-refractivity contribution < 1.29 is 27.5 Å². The third kappa shape index (κ3) is 2.50. The molecule has 0 fully saturated rings. The number of hydrogen-bond donors (Lipinski definition) is 1. The number of ether oxygens (including phenoxy) is 1. The van der Waals surface area contributed by atoms with Crippen LogP contribution in [0.3, 0.4) is 0 Å². The van der Waals surface area contributed by atoms with Crippen LogP contribution in [-0.2, 0) is 14.3 Å². The van der Waals surface area contributed by atoms with Crippen LogP contribution in [0.5, 0.6) is 0 Å². The highest BCUT2D eigenvalue weighted by atomic mass is 19.2. The first-order chi connectivity index (χ1) is 7.45. The molecular formula is C9H6F3NO3. The largest absolute Gasteiger partial charge is 0.462 e. The van der Waals surface area contributed by atoms with E-state index in [-0.39, 0.29) is 0 Å². The summed E-state index contributed by atoms with van der Waals surface area (Å²) in [6, 6.07) is 0.850. The smallest absolute Gasteiger partial charge is 0.396 e. The molecule has 1 N–H and O–H groups in total. The Morgan fingerprint density at radius 2 is 1.88 bits per heavy atom. The van der Waals surface area contributed by atoms with Crippen molar-refractivity contribution in [1.29, 1.82) is 0 Å². The summed E-state index contributed by atoms with van der Waals surface area (Å²) >= 11 is 0. The van der Waals surface area contributed by atoms with Gasteiger partial charge in [0.1, 0.15) is 5.82 Å². The van der Waals surface area contributed by atoms with Gasteiger partial charge in [-0.15, -0.1) is 0 Å². The summed E-state index contributed by atoms with van der Waals surface area (Å²) in [4.78, 5) is 21.6. The Morgan fingerprint density at radius 1 is 1.25 bits per heavy atom. The highest BCUT2D eigenvalue weighted by molar-refractivity contribution is 6.37. The van der Waals surface area contributed by atoms with Gasteiger partial charge in [0.05, 0.1) is 12.8 Å². The number of halogens is 3. The SMILES string of the molecule is COC(=O)C(=O)Nc1cc(F)cc(F)c1F. The average Bonchev–Trinajstić information content (AvgIpc) is 2.23. The zero-order valence-electron chi connectivity index (χ0n) is 8.01. The molecule has 1 aromatic rings. The number of hydrogen-bond acceptors (Lipinski definition) is 3. The second kappa shape index (κ2) is 4.65. The minimum atomic E-state index is -1.47. The van der Waals surface area contributed by atoms with Crippen LogP contribution >= 0.6 is 0 Å². The molecule has 0 spiro atoms. The lowest BCUT2D eigenvalue weighted by atomic mass is 10.3. The van der Waals surface area contributed by atoms with Crippen molar-refractivity contribution in [3.63, 3.8) is 0 Å². The monoisotopic (exact) mass is 233 g/mol. The third-order valence-electron chi connectivity index (χ3n) is 1.61. The molecule has 0 heterocycles. The first-order valence-electron chi connectivity index (χ1n) is 3.99. The summed E-state index contributed by atoms with van der Waals surface area (Å²) in [6.45, 7) is 0. The normalized spacial score (nSPS) is 9.75. The molecule has 4 nitrogen and oxygen atoms in total. The van der Waals surface area contributed by atoms with E-state index in [1.54, 1.807) is 5.32 Å². The van der Waals surface area contributed by atoms with Gasteiger partial charge in [-0.05, 0) is 0 Å². The Labute approximate surface area is 88.0 Å². The number of carbonyl (C=O) groups is 2. The van der Waals surface area contributed by atoms with Crippen LogP contribution < -0.4 is 5.32 Å². The zero-order chi connectivity index (χ0) is 12.3. The van der Waals surface area contributed by atoms with Crippen molar-refractivity contribution in [2.24, 2.45) is 0 Å². The van der Waals surface area contributed by atoms with E-state index in [4.69, 9.17) is 0 Å². The van der Waals surface area contributed by atoms with E-state index in [0.717, 1.165) is 7.11 Å². The van der Waals surface area contributed by atoms with Gasteiger partial charge in [0.2, 0.25) is 0 Å². The summed E-state index contributed by atoms with van der Waals surface area (Å²) in [5.74, 6) is -6.65. The number of esters is 1. The van der Waals surface area contributed by atoms with Crippen LogP contribution in [-0.4, -0.2) is 19.0 Å². The maximum Gasteiger partial charge on any atom is 0.396 e. The summed E-state index contributed by atoms with van der Waals surface area (Å²) in [5, 5.41) is 1.67. The van der Waals surface area contributed by atoms with E-state index < -0.39 is 35.0 Å². The van der Waals surface area contributed by atoms with Crippen molar-refractivity contribution >= 4 is 17.6 Å². The van der Waals surface area contributed by atoms with Gasteiger partial charge in [-0.3, -0.25) is 4.79 Å². The van der Waals surface area contributed by atoms with E-state index in [1.165, 1.54) is 0 Å². The fourth-order valence-corrected chi connectivity index (χ4v) is 0.913. The van der Waals surface area contributed by atoms with Gasteiger partial charge < -0.3 is 10.1 Å². The molecule has 0 aliphatic carbocycles. The van der Waals surface area contributed by atoms with Gasteiger partial charge in [-0.25, -0.2) is 18.0 Å². The Kier molecular flexibility index (Phi) is 3.49. The summed E-state index contributed by atoms with van der Waals surface area (Å²) in [5.41, 5.74) is -0.770. The van der Waals surface area contributed by atoms with Gasteiger partial charge in [-0.1, -0.05) is 0 Å². The van der Waals surface area contributed by atoms with Gasteiger partial charge in [0.25, 0.3) is 0 Å². The molecule has 0 aliphatic rings. The maximum absolute atomic E-state index is 13.0. The Balaban J connectivity index is 2.97. The van der Waals surface area contributed by atoms with Crippen LogP contribution in [0.1, 0.15) is 0 Å². The summed E-state index contributed by atoms with van der Waals surface area (Å²) in [6.07, 6.45) is 0. The molecule has 0 saturated carbocycles. The number of rotatable bonds is 1. The van der Waals surface area contributed by atoms with E-state index in [2.05, 4.69) is 4.74 Å². The van der Waals surface area contributed by atoms with Crippen molar-refractivity contribution in [1.82, 2.24) is 0 Å². The molecule has 1 rings (SSSR count). The Morgan fingerprint density at radius 3 is 2.44 bits per heavy atom. The summed E-state index contributed by atoms with van der Waals surface area (Å²) < 4.78 is 42.4. The average molecular weight is 233 g/mol. The first kappa shape index (κ1) is 12.0. The molecule has 0 aliphatic heterocycles. The predicted octanol–water partition coefficient (Wildman–Crippen LogP) is 1.22. The van der Waals surface area contributed by atoms with E-state index in [9.17, 15) is 22.8 Å². The molecule has 86 valence electrons. The molecule has 1 amide bonds. The van der Waals surface area contributed by atoms with E-state index in [1.807, 2.05) is 0 Å². The molecule has 0 unspecified atom stereocenters. The minimum absolute atomic E-state index is 0.309. The van der Waals surface area contributed by atoms with Crippen LogP contribution in [0.25, 0.3) is 0 Å². The lowest BCUT2D eigenvalue weighted by molar-refractivity contribution is -0.150. The van der Waals surface area contributed by atoms with Crippen LogP contribution in [0.2, 0.25) is 0 Å². The third-order valence-corrected chi connectivity index (χ3v) is 1.61. The van der Waals surface area contributed by atoms with E-state index in [0.29, 0.717) is 12.1 Å². The van der Waals surface area contributed by atoms with Crippen molar-refractivity contribution in [2.45, 2.75) is 0 Å². The number of anilines is 1. The summed E-state index contributed by atoms with van der Waals surface area (Å²) in [7, 11) is 0.935. The fourth-order valence-electron chi connectivity index (χ4n) is 0.913. The first-order valence-corrected chi connectivity index (χ1v) is 3.99.